The van der Waals surface area contributed by atoms with Gasteiger partial charge in [-0.15, -0.1) is 0 Å². The van der Waals surface area contributed by atoms with Crippen molar-refractivity contribution in [2.24, 2.45) is 11.5 Å². The Balaban J connectivity index is 1.54. The zero-order chi connectivity index (χ0) is 19.4. The molecule has 0 aromatic heterocycles. The molecule has 0 bridgehead atoms. The first kappa shape index (κ1) is 18.6. The fourth-order valence-electron chi connectivity index (χ4n) is 3.12. The van der Waals surface area contributed by atoms with Crippen LogP contribution in [0.5, 0.6) is 0 Å². The van der Waals surface area contributed by atoms with E-state index >= 15 is 0 Å². The van der Waals surface area contributed by atoms with Crippen LogP contribution in [0.4, 0.5) is 0 Å². The van der Waals surface area contributed by atoms with Crippen molar-refractivity contribution in [3.05, 3.63) is 70.8 Å². The van der Waals surface area contributed by atoms with E-state index in [1.165, 1.54) is 0 Å². The monoisotopic (exact) mass is 364 g/mol. The third-order valence-electron chi connectivity index (χ3n) is 4.71. The minimum Gasteiger partial charge on any atom is -0.384 e. The van der Waals surface area contributed by atoms with E-state index in [-0.39, 0.29) is 17.6 Å². The first-order valence-electron chi connectivity index (χ1n) is 8.79. The molecule has 1 heterocycles. The van der Waals surface area contributed by atoms with Crippen molar-refractivity contribution >= 4 is 17.6 Å². The predicted octanol–water partition coefficient (Wildman–Crippen LogP) is 1.10. The summed E-state index contributed by atoms with van der Waals surface area (Å²) in [6.45, 7) is 3.15. The lowest BCUT2D eigenvalue weighted by atomic mass is 10.1. The number of hydrogen-bond donors (Lipinski definition) is 4. The van der Waals surface area contributed by atoms with E-state index in [1.54, 1.807) is 0 Å². The Kier molecular flexibility index (Phi) is 5.52. The van der Waals surface area contributed by atoms with Crippen LogP contribution in [0.25, 0.3) is 0 Å². The van der Waals surface area contributed by atoms with Gasteiger partial charge in [0.1, 0.15) is 11.7 Å². The quantitative estimate of drug-likeness (QED) is 0.453. The molecule has 0 atom stereocenters. The average Bonchev–Trinajstić information content (AvgIpc) is 2.65. The lowest BCUT2D eigenvalue weighted by Crippen LogP contribution is -2.49. The summed E-state index contributed by atoms with van der Waals surface area (Å²) < 4.78 is 0. The summed E-state index contributed by atoms with van der Waals surface area (Å²) in [6.07, 6.45) is 0. The second kappa shape index (κ2) is 8.01. The molecular formula is C20H24N6O. The number of nitrogens with two attached hydrogens (primary N) is 2. The van der Waals surface area contributed by atoms with E-state index in [1.807, 2.05) is 53.4 Å². The number of amidine groups is 2. The number of piperazine rings is 1. The molecule has 6 N–H and O–H groups in total. The number of nitrogens with one attached hydrogen (secondary N) is 2. The summed E-state index contributed by atoms with van der Waals surface area (Å²) in [4.78, 5) is 16.5. The summed E-state index contributed by atoms with van der Waals surface area (Å²) in [7, 11) is 0. The minimum absolute atomic E-state index is 0.0441. The third-order valence-corrected chi connectivity index (χ3v) is 4.71. The van der Waals surface area contributed by atoms with Gasteiger partial charge in [0.15, 0.2) is 0 Å². The van der Waals surface area contributed by atoms with Gasteiger partial charge in [-0.2, -0.15) is 0 Å². The van der Waals surface area contributed by atoms with Gasteiger partial charge < -0.3 is 16.4 Å². The minimum atomic E-state index is 0.0441. The van der Waals surface area contributed by atoms with E-state index in [0.29, 0.717) is 37.3 Å². The van der Waals surface area contributed by atoms with Crippen LogP contribution in [0.3, 0.4) is 0 Å². The van der Waals surface area contributed by atoms with Crippen LogP contribution in [0.15, 0.2) is 48.5 Å². The second-order valence-corrected chi connectivity index (χ2v) is 6.75. The van der Waals surface area contributed by atoms with Crippen LogP contribution in [0, 0.1) is 10.8 Å². The van der Waals surface area contributed by atoms with Crippen molar-refractivity contribution in [3.8, 4) is 0 Å². The molecule has 0 radical (unpaired) electrons. The van der Waals surface area contributed by atoms with E-state index in [2.05, 4.69) is 4.90 Å². The maximum Gasteiger partial charge on any atom is 0.237 e. The summed E-state index contributed by atoms with van der Waals surface area (Å²) in [5, 5.41) is 14.9. The Bertz CT molecular complexity index is 844. The molecule has 1 amide bonds. The number of rotatable bonds is 6. The molecule has 1 saturated heterocycles. The van der Waals surface area contributed by atoms with Gasteiger partial charge in [0.25, 0.3) is 0 Å². The molecule has 2 aromatic rings. The topological polar surface area (TPSA) is 123 Å². The Labute approximate surface area is 158 Å². The van der Waals surface area contributed by atoms with Crippen LogP contribution in [0.1, 0.15) is 22.3 Å². The maximum atomic E-state index is 12.5. The molecule has 2 aromatic carbocycles. The van der Waals surface area contributed by atoms with Gasteiger partial charge in [0.05, 0.1) is 6.54 Å². The highest BCUT2D eigenvalue weighted by Gasteiger charge is 2.23. The number of nitrogens with zero attached hydrogens (tertiary/aromatic N) is 2. The Morgan fingerprint density at radius 3 is 1.74 bits per heavy atom. The molecule has 0 unspecified atom stereocenters. The molecule has 3 rings (SSSR count). The van der Waals surface area contributed by atoms with Gasteiger partial charge in [-0.25, -0.2) is 0 Å². The Hall–Kier alpha value is -3.19. The third kappa shape index (κ3) is 4.71. The van der Waals surface area contributed by atoms with Crippen LogP contribution in [-0.2, 0) is 17.9 Å². The van der Waals surface area contributed by atoms with Crippen molar-refractivity contribution in [1.29, 1.82) is 10.8 Å². The molecule has 1 aliphatic heterocycles. The van der Waals surface area contributed by atoms with Crippen molar-refractivity contribution in [2.75, 3.05) is 19.6 Å². The molecule has 7 heteroatoms. The molecule has 0 aliphatic carbocycles. The van der Waals surface area contributed by atoms with E-state index < -0.39 is 0 Å². The number of hydrogen-bond acceptors (Lipinski definition) is 4. The van der Waals surface area contributed by atoms with Crippen LogP contribution < -0.4 is 11.5 Å². The first-order chi connectivity index (χ1) is 12.9. The highest BCUT2D eigenvalue weighted by Crippen LogP contribution is 2.14. The highest BCUT2D eigenvalue weighted by molar-refractivity contribution is 5.95. The van der Waals surface area contributed by atoms with Gasteiger partial charge >= 0.3 is 0 Å². The number of benzene rings is 2. The molecular weight excluding hydrogens is 340 g/mol. The maximum absolute atomic E-state index is 12.5. The SMILES string of the molecule is N=C(N)c1ccc(CN2CCN(Cc3ccc(C(=N)N)cc3)C(=O)C2)cc1. The fourth-order valence-corrected chi connectivity index (χ4v) is 3.12. The zero-order valence-electron chi connectivity index (χ0n) is 15.1. The average molecular weight is 364 g/mol. The Morgan fingerprint density at radius 2 is 1.30 bits per heavy atom. The zero-order valence-corrected chi connectivity index (χ0v) is 15.1. The summed E-state index contributed by atoms with van der Waals surface area (Å²) >= 11 is 0. The summed E-state index contributed by atoms with van der Waals surface area (Å²) in [5.74, 6) is 0.210. The molecule has 0 spiro atoms. The largest absolute Gasteiger partial charge is 0.384 e. The molecule has 27 heavy (non-hydrogen) atoms. The van der Waals surface area contributed by atoms with Crippen LogP contribution >= 0.6 is 0 Å². The first-order valence-corrected chi connectivity index (χ1v) is 8.79. The number of nitrogen functional groups attached to an aromatic ring is 2. The van der Waals surface area contributed by atoms with Gasteiger partial charge in [0, 0.05) is 37.3 Å². The van der Waals surface area contributed by atoms with Gasteiger partial charge in [-0.1, -0.05) is 48.5 Å². The smallest absolute Gasteiger partial charge is 0.237 e. The number of carbonyl (C=O) groups excluding carboxylic acids is 1. The second-order valence-electron chi connectivity index (χ2n) is 6.75. The number of carbonyl (C=O) groups is 1. The molecule has 0 saturated carbocycles. The standard InChI is InChI=1S/C20H24N6O/c21-19(22)16-5-1-14(2-6-16)11-25-9-10-26(18(27)13-25)12-15-3-7-17(8-4-15)20(23)24/h1-8H,9-13H2,(H3,21,22)(H3,23,24). The predicted molar refractivity (Wildman–Crippen MR) is 106 cm³/mol. The summed E-state index contributed by atoms with van der Waals surface area (Å²) in [5.41, 5.74) is 14.5. The lowest BCUT2D eigenvalue weighted by Gasteiger charge is -2.34. The van der Waals surface area contributed by atoms with Crippen molar-refractivity contribution < 1.29 is 4.79 Å². The lowest BCUT2D eigenvalue weighted by molar-refractivity contribution is -0.136. The van der Waals surface area contributed by atoms with Crippen LogP contribution in [0.2, 0.25) is 0 Å². The summed E-state index contributed by atoms with van der Waals surface area (Å²) in [6, 6.07) is 15.0. The fraction of sp³-hybridized carbons (Fsp3) is 0.250. The Morgan fingerprint density at radius 1 is 0.815 bits per heavy atom. The van der Waals surface area contributed by atoms with E-state index in [0.717, 1.165) is 17.7 Å². The van der Waals surface area contributed by atoms with E-state index in [4.69, 9.17) is 22.3 Å². The van der Waals surface area contributed by atoms with Crippen molar-refractivity contribution in [1.82, 2.24) is 9.80 Å². The van der Waals surface area contributed by atoms with Crippen LogP contribution in [-0.4, -0.2) is 47.0 Å². The molecule has 140 valence electrons. The highest BCUT2D eigenvalue weighted by atomic mass is 16.2. The van der Waals surface area contributed by atoms with Gasteiger partial charge in [-0.3, -0.25) is 20.5 Å². The van der Waals surface area contributed by atoms with Gasteiger partial charge in [0.2, 0.25) is 5.91 Å². The molecule has 7 nitrogen and oxygen atoms in total. The van der Waals surface area contributed by atoms with E-state index in [9.17, 15) is 4.79 Å². The van der Waals surface area contributed by atoms with Crippen molar-refractivity contribution in [3.63, 3.8) is 0 Å². The molecule has 1 aliphatic rings. The number of amides is 1. The normalized spacial score (nSPS) is 15.0. The van der Waals surface area contributed by atoms with Gasteiger partial charge in [-0.05, 0) is 11.1 Å². The molecule has 1 fully saturated rings. The van der Waals surface area contributed by atoms with Crippen molar-refractivity contribution in [2.45, 2.75) is 13.1 Å².